The Labute approximate surface area is 191 Å². The number of benzene rings is 1. The number of aryl methyl sites for hydroxylation is 1. The van der Waals surface area contributed by atoms with Gasteiger partial charge in [-0.1, -0.05) is 11.6 Å². The van der Waals surface area contributed by atoms with E-state index in [4.69, 9.17) is 16.3 Å². The van der Waals surface area contributed by atoms with Gasteiger partial charge in [0.05, 0.1) is 29.1 Å². The van der Waals surface area contributed by atoms with E-state index < -0.39 is 9.84 Å². The van der Waals surface area contributed by atoms with Crippen LogP contribution in [0.1, 0.15) is 29.8 Å². The first-order valence-corrected chi connectivity index (χ1v) is 12.1. The zero-order chi connectivity index (χ0) is 23.2. The van der Waals surface area contributed by atoms with Gasteiger partial charge in [0.25, 0.3) is 0 Å². The molecule has 0 saturated carbocycles. The molecule has 1 unspecified atom stereocenters. The molecule has 0 bridgehead atoms. The van der Waals surface area contributed by atoms with Crippen molar-refractivity contribution in [3.05, 3.63) is 58.9 Å². The van der Waals surface area contributed by atoms with Gasteiger partial charge in [-0.2, -0.15) is 5.10 Å². The van der Waals surface area contributed by atoms with Gasteiger partial charge >= 0.3 is 0 Å². The first kappa shape index (κ1) is 22.2. The maximum absolute atomic E-state index is 12.1. The van der Waals surface area contributed by atoms with Gasteiger partial charge < -0.3 is 4.74 Å². The lowest BCUT2D eigenvalue weighted by molar-refractivity contribution is 0.402. The number of sulfone groups is 1. The molecule has 1 aromatic carbocycles. The minimum Gasteiger partial charge on any atom is -0.496 e. The lowest BCUT2D eigenvalue weighted by Gasteiger charge is -2.22. The Morgan fingerprint density at radius 2 is 1.88 bits per heavy atom. The van der Waals surface area contributed by atoms with E-state index in [1.165, 1.54) is 12.5 Å². The largest absolute Gasteiger partial charge is 0.496 e. The van der Waals surface area contributed by atoms with Crippen LogP contribution in [0.5, 0.6) is 5.75 Å². The number of nitrogens with zero attached hydrogens (tertiary/aromatic N) is 5. The maximum atomic E-state index is 12.1. The number of fused-ring (bicyclic) bond motifs is 1. The molecule has 4 aromatic rings. The van der Waals surface area contributed by atoms with E-state index in [-0.39, 0.29) is 10.9 Å². The topological polar surface area (TPSA) is 99.9 Å². The molecule has 3 heterocycles. The predicted molar refractivity (Wildman–Crippen MR) is 123 cm³/mol. The Balaban J connectivity index is 1.97. The van der Waals surface area contributed by atoms with Crippen molar-refractivity contribution in [3.63, 3.8) is 0 Å². The highest BCUT2D eigenvalue weighted by atomic mass is 35.5. The minimum absolute atomic E-state index is 0.122. The second kappa shape index (κ2) is 8.14. The fraction of sp³-hybridized carbons (Fsp3) is 0.273. The number of pyridine rings is 1. The first-order chi connectivity index (χ1) is 15.1. The van der Waals surface area contributed by atoms with Crippen LogP contribution in [0.15, 0.2) is 41.9 Å². The van der Waals surface area contributed by atoms with Gasteiger partial charge in [-0.15, -0.1) is 0 Å². The third-order valence-corrected chi connectivity index (χ3v) is 6.98. The molecule has 4 rings (SSSR count). The molecule has 0 aliphatic heterocycles. The summed E-state index contributed by atoms with van der Waals surface area (Å²) in [6.45, 7) is 5.75. The summed E-state index contributed by atoms with van der Waals surface area (Å²) in [6, 6.07) is 3.15. The fourth-order valence-electron chi connectivity index (χ4n) is 3.81. The van der Waals surface area contributed by atoms with Gasteiger partial charge in [0, 0.05) is 46.6 Å². The summed E-state index contributed by atoms with van der Waals surface area (Å²) in [6.07, 6.45) is 7.30. The van der Waals surface area contributed by atoms with Crippen LogP contribution in [0.25, 0.3) is 22.2 Å². The van der Waals surface area contributed by atoms with Crippen molar-refractivity contribution < 1.29 is 13.2 Å². The average Bonchev–Trinajstić information content (AvgIpc) is 3.11. The summed E-state index contributed by atoms with van der Waals surface area (Å²) in [4.78, 5) is 12.8. The van der Waals surface area contributed by atoms with E-state index in [1.807, 2.05) is 31.5 Å². The van der Waals surface area contributed by atoms with E-state index in [0.29, 0.717) is 27.5 Å². The van der Waals surface area contributed by atoms with Crippen molar-refractivity contribution in [1.29, 1.82) is 0 Å². The lowest BCUT2D eigenvalue weighted by Crippen LogP contribution is -2.12. The zero-order valence-corrected chi connectivity index (χ0v) is 19.9. The van der Waals surface area contributed by atoms with Crippen LogP contribution in [0.3, 0.4) is 0 Å². The second-order valence-corrected chi connectivity index (χ2v) is 10.1. The number of hydrogen-bond donors (Lipinski definition) is 0. The Bertz CT molecular complexity index is 1450. The molecular weight excluding hydrogens is 450 g/mol. The van der Waals surface area contributed by atoms with Crippen molar-refractivity contribution in [1.82, 2.24) is 24.7 Å². The summed E-state index contributed by atoms with van der Waals surface area (Å²) in [5, 5.41) is 6.05. The molecule has 8 nitrogen and oxygen atoms in total. The van der Waals surface area contributed by atoms with Crippen LogP contribution in [-0.2, 0) is 9.84 Å². The van der Waals surface area contributed by atoms with Crippen LogP contribution in [0.2, 0.25) is 5.02 Å². The summed E-state index contributed by atoms with van der Waals surface area (Å²) < 4.78 is 31.8. The summed E-state index contributed by atoms with van der Waals surface area (Å²) in [5.41, 5.74) is 4.34. The molecule has 0 radical (unpaired) electrons. The van der Waals surface area contributed by atoms with Crippen molar-refractivity contribution >= 4 is 32.5 Å². The average molecular weight is 472 g/mol. The van der Waals surface area contributed by atoms with Crippen molar-refractivity contribution in [3.8, 4) is 16.9 Å². The SMILES string of the molecule is COc1c(C(C)n2nc(C)c3cncnc32)cc(Cl)c(C)c1-c1cncc(S(C)(=O)=O)c1. The van der Waals surface area contributed by atoms with Gasteiger partial charge in [-0.05, 0) is 38.5 Å². The van der Waals surface area contributed by atoms with Crippen LogP contribution in [0.4, 0.5) is 0 Å². The predicted octanol–water partition coefficient (Wildman–Crippen LogP) is 4.18. The van der Waals surface area contributed by atoms with Gasteiger partial charge in [0.1, 0.15) is 12.1 Å². The highest BCUT2D eigenvalue weighted by molar-refractivity contribution is 7.90. The van der Waals surface area contributed by atoms with Gasteiger partial charge in [-0.3, -0.25) is 4.98 Å². The number of rotatable bonds is 5. The first-order valence-electron chi connectivity index (χ1n) is 9.80. The molecule has 0 amide bonds. The standard InChI is InChI=1S/C22H22ClN5O3S/c1-12-19(23)7-17(14(3)28-22-18(13(2)27-28)10-25-11-26-22)21(31-4)20(12)15-6-16(9-24-8-15)32(5,29)30/h6-11,14H,1-5H3. The third-order valence-electron chi connectivity index (χ3n) is 5.51. The van der Waals surface area contributed by atoms with Gasteiger partial charge in [0.2, 0.25) is 0 Å². The lowest BCUT2D eigenvalue weighted by atomic mass is 9.94. The molecule has 0 N–H and O–H groups in total. The number of halogens is 1. The molecule has 0 aliphatic rings. The molecule has 0 spiro atoms. The van der Waals surface area contributed by atoms with E-state index in [1.54, 1.807) is 25.6 Å². The Morgan fingerprint density at radius 3 is 2.56 bits per heavy atom. The highest BCUT2D eigenvalue weighted by Crippen LogP contribution is 2.43. The summed E-state index contributed by atoms with van der Waals surface area (Å²) in [7, 11) is -1.86. The minimum atomic E-state index is -3.43. The molecule has 3 aromatic heterocycles. The molecule has 0 fully saturated rings. The molecule has 0 saturated heterocycles. The Kier molecular flexibility index (Phi) is 5.64. The quantitative estimate of drug-likeness (QED) is 0.430. The van der Waals surface area contributed by atoms with Crippen LogP contribution in [-0.4, -0.2) is 46.5 Å². The molecular formula is C22H22ClN5O3S. The highest BCUT2D eigenvalue weighted by Gasteiger charge is 2.25. The molecule has 1 atom stereocenters. The summed E-state index contributed by atoms with van der Waals surface area (Å²) in [5.74, 6) is 0.571. The zero-order valence-electron chi connectivity index (χ0n) is 18.3. The second-order valence-electron chi connectivity index (χ2n) is 7.63. The Morgan fingerprint density at radius 1 is 1.12 bits per heavy atom. The number of hydrogen-bond acceptors (Lipinski definition) is 7. The van der Waals surface area contributed by atoms with Gasteiger partial charge in [0.15, 0.2) is 15.5 Å². The van der Waals surface area contributed by atoms with E-state index >= 15 is 0 Å². The van der Waals surface area contributed by atoms with E-state index in [9.17, 15) is 8.42 Å². The third kappa shape index (κ3) is 3.71. The van der Waals surface area contributed by atoms with E-state index in [2.05, 4.69) is 20.1 Å². The summed E-state index contributed by atoms with van der Waals surface area (Å²) >= 11 is 6.63. The monoisotopic (exact) mass is 471 g/mol. The normalized spacial score (nSPS) is 12.8. The molecule has 10 heteroatoms. The van der Waals surface area contributed by atoms with Crippen molar-refractivity contribution in [2.75, 3.05) is 13.4 Å². The molecule has 166 valence electrons. The number of methoxy groups -OCH3 is 1. The smallest absolute Gasteiger partial charge is 0.177 e. The maximum Gasteiger partial charge on any atom is 0.177 e. The van der Waals surface area contributed by atoms with Crippen LogP contribution >= 0.6 is 11.6 Å². The van der Waals surface area contributed by atoms with Crippen LogP contribution in [0, 0.1) is 13.8 Å². The van der Waals surface area contributed by atoms with E-state index in [0.717, 1.165) is 28.5 Å². The number of aromatic nitrogens is 5. The molecule has 32 heavy (non-hydrogen) atoms. The fourth-order valence-corrected chi connectivity index (χ4v) is 4.61. The van der Waals surface area contributed by atoms with Crippen molar-refractivity contribution in [2.45, 2.75) is 31.7 Å². The van der Waals surface area contributed by atoms with Gasteiger partial charge in [-0.25, -0.2) is 23.1 Å². The van der Waals surface area contributed by atoms with Crippen molar-refractivity contribution in [2.24, 2.45) is 0 Å². The van der Waals surface area contributed by atoms with Crippen LogP contribution < -0.4 is 4.74 Å². The Hall–Kier alpha value is -3.04. The molecule has 0 aliphatic carbocycles. The number of ether oxygens (including phenoxy) is 1.